The zero-order chi connectivity index (χ0) is 14.9. The molecule has 2 N–H and O–H groups in total. The van der Waals surface area contributed by atoms with Crippen LogP contribution in [-0.4, -0.2) is 43.1 Å². The minimum absolute atomic E-state index is 0.258. The first-order valence-corrected chi connectivity index (χ1v) is 7.56. The number of rotatable bonds is 4. The summed E-state index contributed by atoms with van der Waals surface area (Å²) in [6.07, 6.45) is 5.51. The molecule has 6 heteroatoms. The smallest absolute Gasteiger partial charge is 0.123 e. The number of hydrogen-bond acceptors (Lipinski definition) is 4. The van der Waals surface area contributed by atoms with Crippen LogP contribution in [-0.2, 0) is 12.1 Å². The van der Waals surface area contributed by atoms with Gasteiger partial charge in [0.1, 0.15) is 11.3 Å². The molecule has 1 atom stereocenters. The lowest BCUT2D eigenvalue weighted by Gasteiger charge is -2.37. The average Bonchev–Trinajstić information content (AvgIpc) is 3.09. The Balaban J connectivity index is 1.73. The quantitative estimate of drug-likeness (QED) is 0.898. The number of hydrogen-bond donors (Lipinski definition) is 2. The molecule has 0 radical (unpaired) electrons. The molecule has 0 aliphatic carbocycles. The Morgan fingerprint density at radius 1 is 1.48 bits per heavy atom. The van der Waals surface area contributed by atoms with Gasteiger partial charge in [-0.05, 0) is 45.4 Å². The highest BCUT2D eigenvalue weighted by molar-refractivity contribution is 5.11. The van der Waals surface area contributed by atoms with Gasteiger partial charge in [-0.15, -0.1) is 5.10 Å². The fourth-order valence-electron chi connectivity index (χ4n) is 2.92. The number of aliphatic hydroxyl groups is 1. The Kier molecular flexibility index (Phi) is 3.82. The van der Waals surface area contributed by atoms with Gasteiger partial charge < -0.3 is 10.1 Å². The van der Waals surface area contributed by atoms with Gasteiger partial charge in [-0.3, -0.25) is 4.90 Å². The lowest BCUT2D eigenvalue weighted by Crippen LogP contribution is -2.46. The molecule has 114 valence electrons. The van der Waals surface area contributed by atoms with Crippen molar-refractivity contribution >= 4 is 0 Å². The average molecular weight is 289 g/mol. The number of aromatic amines is 1. The number of piperidine rings is 1. The van der Waals surface area contributed by atoms with Crippen LogP contribution < -0.4 is 0 Å². The summed E-state index contributed by atoms with van der Waals surface area (Å²) < 4.78 is 1.80. The van der Waals surface area contributed by atoms with Crippen molar-refractivity contribution in [3.8, 4) is 0 Å². The number of likely N-dealkylation sites (tertiary alicyclic amines) is 1. The van der Waals surface area contributed by atoms with Crippen molar-refractivity contribution < 1.29 is 5.11 Å². The van der Waals surface area contributed by atoms with E-state index in [2.05, 4.69) is 40.1 Å². The molecule has 1 aliphatic heterocycles. The Morgan fingerprint density at radius 3 is 3.00 bits per heavy atom. The minimum Gasteiger partial charge on any atom is -0.382 e. The van der Waals surface area contributed by atoms with E-state index in [-0.39, 0.29) is 6.04 Å². The van der Waals surface area contributed by atoms with Crippen LogP contribution in [0.3, 0.4) is 0 Å². The van der Waals surface area contributed by atoms with Crippen molar-refractivity contribution in [3.63, 3.8) is 0 Å². The summed E-state index contributed by atoms with van der Waals surface area (Å²) in [5.41, 5.74) is 0.968. The standard InChI is InChI=1S/C15H23N5O/c1-12(2)20-10-14(17-18-20)15(21)6-4-8-19(11-15)9-13-5-3-7-16-13/h3,5,7,10,12,16,21H,4,6,8-9,11H2,1-2H3. The molecule has 0 aromatic carbocycles. The van der Waals surface area contributed by atoms with Crippen molar-refractivity contribution in [3.05, 3.63) is 35.9 Å². The third kappa shape index (κ3) is 3.01. The fraction of sp³-hybridized carbons (Fsp3) is 0.600. The Bertz CT molecular complexity index is 577. The monoisotopic (exact) mass is 289 g/mol. The summed E-state index contributed by atoms with van der Waals surface area (Å²) in [5.74, 6) is 0. The molecule has 3 heterocycles. The van der Waals surface area contributed by atoms with Crippen LogP contribution in [0.5, 0.6) is 0 Å². The topological polar surface area (TPSA) is 70.0 Å². The fourth-order valence-corrected chi connectivity index (χ4v) is 2.92. The van der Waals surface area contributed by atoms with E-state index < -0.39 is 5.60 Å². The first kappa shape index (κ1) is 14.3. The summed E-state index contributed by atoms with van der Waals surface area (Å²) in [4.78, 5) is 5.48. The van der Waals surface area contributed by atoms with Crippen LogP contribution in [0.2, 0.25) is 0 Å². The molecule has 1 fully saturated rings. The normalized spacial score (nSPS) is 23.8. The van der Waals surface area contributed by atoms with E-state index in [0.717, 1.165) is 25.9 Å². The van der Waals surface area contributed by atoms with E-state index in [1.165, 1.54) is 5.69 Å². The van der Waals surface area contributed by atoms with Crippen LogP contribution in [0.25, 0.3) is 0 Å². The van der Waals surface area contributed by atoms with Crippen LogP contribution in [0.15, 0.2) is 24.5 Å². The van der Waals surface area contributed by atoms with Crippen molar-refractivity contribution in [2.45, 2.75) is 44.9 Å². The number of nitrogens with one attached hydrogen (secondary N) is 1. The largest absolute Gasteiger partial charge is 0.382 e. The van der Waals surface area contributed by atoms with Crippen molar-refractivity contribution in [1.29, 1.82) is 0 Å². The molecular weight excluding hydrogens is 266 g/mol. The zero-order valence-electron chi connectivity index (χ0n) is 12.7. The molecule has 3 rings (SSSR count). The van der Waals surface area contributed by atoms with Crippen molar-refractivity contribution in [2.24, 2.45) is 0 Å². The highest BCUT2D eigenvalue weighted by Crippen LogP contribution is 2.31. The molecule has 0 spiro atoms. The minimum atomic E-state index is -0.891. The third-order valence-electron chi connectivity index (χ3n) is 4.12. The summed E-state index contributed by atoms with van der Waals surface area (Å²) in [5, 5.41) is 19.3. The highest BCUT2D eigenvalue weighted by atomic mass is 16.3. The van der Waals surface area contributed by atoms with Gasteiger partial charge >= 0.3 is 0 Å². The molecule has 2 aromatic rings. The predicted octanol–water partition coefficient (Wildman–Crippen LogP) is 1.67. The van der Waals surface area contributed by atoms with Crippen molar-refractivity contribution in [2.75, 3.05) is 13.1 Å². The maximum Gasteiger partial charge on any atom is 0.123 e. The second-order valence-corrected chi connectivity index (χ2v) is 6.22. The molecule has 1 saturated heterocycles. The lowest BCUT2D eigenvalue weighted by molar-refractivity contribution is -0.0417. The molecule has 1 aliphatic rings. The van der Waals surface area contributed by atoms with Crippen molar-refractivity contribution in [1.82, 2.24) is 24.9 Å². The molecule has 1 unspecified atom stereocenters. The van der Waals surface area contributed by atoms with Gasteiger partial charge in [0, 0.05) is 31.0 Å². The van der Waals surface area contributed by atoms with E-state index in [1.54, 1.807) is 4.68 Å². The van der Waals surface area contributed by atoms with E-state index in [9.17, 15) is 5.11 Å². The van der Waals surface area contributed by atoms with Gasteiger partial charge in [-0.25, -0.2) is 4.68 Å². The Morgan fingerprint density at radius 2 is 2.33 bits per heavy atom. The van der Waals surface area contributed by atoms with Gasteiger partial charge in [0.2, 0.25) is 0 Å². The molecule has 0 bridgehead atoms. The third-order valence-corrected chi connectivity index (χ3v) is 4.12. The molecule has 6 nitrogen and oxygen atoms in total. The summed E-state index contributed by atoms with van der Waals surface area (Å²) in [7, 11) is 0. The maximum atomic E-state index is 11.0. The van der Waals surface area contributed by atoms with E-state index >= 15 is 0 Å². The summed E-state index contributed by atoms with van der Waals surface area (Å²) in [6, 6.07) is 4.33. The molecule has 21 heavy (non-hydrogen) atoms. The van der Waals surface area contributed by atoms with Gasteiger partial charge in [0.05, 0.1) is 6.20 Å². The van der Waals surface area contributed by atoms with Crippen LogP contribution >= 0.6 is 0 Å². The van der Waals surface area contributed by atoms with Crippen LogP contribution in [0.4, 0.5) is 0 Å². The number of nitrogens with zero attached hydrogens (tertiary/aromatic N) is 4. The first-order chi connectivity index (χ1) is 10.1. The van der Waals surface area contributed by atoms with Crippen LogP contribution in [0.1, 0.15) is 44.1 Å². The summed E-state index contributed by atoms with van der Waals surface area (Å²) >= 11 is 0. The lowest BCUT2D eigenvalue weighted by atomic mass is 9.90. The number of aromatic nitrogens is 4. The maximum absolute atomic E-state index is 11.0. The molecular formula is C15H23N5O. The summed E-state index contributed by atoms with van der Waals surface area (Å²) in [6.45, 7) is 6.54. The van der Waals surface area contributed by atoms with Gasteiger partial charge in [-0.1, -0.05) is 5.21 Å². The predicted molar refractivity (Wildman–Crippen MR) is 79.6 cm³/mol. The van der Waals surface area contributed by atoms with Gasteiger partial charge in [0.25, 0.3) is 0 Å². The molecule has 0 amide bonds. The van der Waals surface area contributed by atoms with Gasteiger partial charge in [-0.2, -0.15) is 0 Å². The Hall–Kier alpha value is -1.66. The molecule has 2 aromatic heterocycles. The highest BCUT2D eigenvalue weighted by Gasteiger charge is 2.37. The molecule has 0 saturated carbocycles. The zero-order valence-corrected chi connectivity index (χ0v) is 12.7. The van der Waals surface area contributed by atoms with E-state index in [0.29, 0.717) is 12.2 Å². The number of H-pyrrole nitrogens is 1. The second-order valence-electron chi connectivity index (χ2n) is 6.22. The van der Waals surface area contributed by atoms with E-state index in [1.807, 2.05) is 18.5 Å². The SMILES string of the molecule is CC(C)n1cc(C2(O)CCCN(Cc3ccc[nH]3)C2)nn1. The van der Waals surface area contributed by atoms with E-state index in [4.69, 9.17) is 0 Å². The number of β-amino-alcohol motifs (C(OH)–C–C–N with tert-alkyl or cyclic N) is 1. The van der Waals surface area contributed by atoms with Gasteiger partial charge in [0.15, 0.2) is 0 Å². The second kappa shape index (κ2) is 5.61. The van der Waals surface area contributed by atoms with Crippen LogP contribution in [0, 0.1) is 0 Å². The Labute approximate surface area is 124 Å². The first-order valence-electron chi connectivity index (χ1n) is 7.56.